The number of H-pyrrole nitrogens is 1. The van der Waals surface area contributed by atoms with E-state index in [-0.39, 0.29) is 23.6 Å². The molecule has 0 spiro atoms. The first-order chi connectivity index (χ1) is 8.50. The van der Waals surface area contributed by atoms with E-state index in [0.717, 1.165) is 12.8 Å². The average molecular weight is 254 g/mol. The van der Waals surface area contributed by atoms with E-state index in [4.69, 9.17) is 5.11 Å². The zero-order valence-corrected chi connectivity index (χ0v) is 10.5. The van der Waals surface area contributed by atoms with Gasteiger partial charge < -0.3 is 10.4 Å². The van der Waals surface area contributed by atoms with Gasteiger partial charge in [0.05, 0.1) is 12.1 Å². The summed E-state index contributed by atoms with van der Waals surface area (Å²) in [6.45, 7) is 3.56. The number of nitrogens with zero attached hydrogens (tertiary/aromatic N) is 2. The summed E-state index contributed by atoms with van der Waals surface area (Å²) < 4.78 is 0. The standard InChI is InChI=1S/C11H18N4O3/c1-7(11(17)18)4-3-5-8(2)13-10(16)9-6-12-15-14-9/h6-8H,3-5H2,1-2H3,(H,13,16)(H,17,18)(H,12,14,15). The summed E-state index contributed by atoms with van der Waals surface area (Å²) in [5, 5.41) is 21.1. The summed E-state index contributed by atoms with van der Waals surface area (Å²) in [5.41, 5.74) is 0.251. The molecule has 3 N–H and O–H groups in total. The summed E-state index contributed by atoms with van der Waals surface area (Å²) >= 11 is 0. The number of carboxylic acid groups (broad SMARTS) is 1. The lowest BCUT2D eigenvalue weighted by molar-refractivity contribution is -0.141. The third-order valence-electron chi connectivity index (χ3n) is 2.72. The summed E-state index contributed by atoms with van der Waals surface area (Å²) in [5.74, 6) is -1.40. The Hall–Kier alpha value is -1.92. The van der Waals surface area contributed by atoms with Gasteiger partial charge in [-0.1, -0.05) is 13.3 Å². The van der Waals surface area contributed by atoms with Crippen LogP contribution in [0, 0.1) is 5.92 Å². The number of nitrogens with one attached hydrogen (secondary N) is 2. The van der Waals surface area contributed by atoms with E-state index in [1.54, 1.807) is 6.92 Å². The Morgan fingerprint density at radius 2 is 2.17 bits per heavy atom. The van der Waals surface area contributed by atoms with Gasteiger partial charge in [-0.2, -0.15) is 15.4 Å². The van der Waals surface area contributed by atoms with Gasteiger partial charge in [-0.15, -0.1) is 0 Å². The van der Waals surface area contributed by atoms with E-state index >= 15 is 0 Å². The Morgan fingerprint density at radius 1 is 1.44 bits per heavy atom. The molecule has 0 radical (unpaired) electrons. The third-order valence-corrected chi connectivity index (χ3v) is 2.72. The molecule has 1 aromatic heterocycles. The topological polar surface area (TPSA) is 108 Å². The molecule has 0 aliphatic carbocycles. The zero-order valence-electron chi connectivity index (χ0n) is 10.5. The number of amides is 1. The fraction of sp³-hybridized carbons (Fsp3) is 0.636. The maximum atomic E-state index is 11.6. The van der Waals surface area contributed by atoms with Crippen LogP contribution in [0.4, 0.5) is 0 Å². The Bertz CT molecular complexity index is 391. The van der Waals surface area contributed by atoms with E-state index in [2.05, 4.69) is 20.7 Å². The molecule has 7 heteroatoms. The van der Waals surface area contributed by atoms with Crippen LogP contribution in [-0.2, 0) is 4.79 Å². The Kier molecular flexibility index (Phi) is 5.29. The highest BCUT2D eigenvalue weighted by molar-refractivity contribution is 5.91. The Morgan fingerprint density at radius 3 is 2.72 bits per heavy atom. The van der Waals surface area contributed by atoms with Crippen molar-refractivity contribution < 1.29 is 14.7 Å². The predicted octanol–water partition coefficient (Wildman–Crippen LogP) is 0.814. The third kappa shape index (κ3) is 4.52. The lowest BCUT2D eigenvalue weighted by atomic mass is 10.0. The Balaban J connectivity index is 2.24. The monoisotopic (exact) mass is 254 g/mol. The molecule has 0 fully saturated rings. The second-order valence-corrected chi connectivity index (χ2v) is 4.40. The minimum Gasteiger partial charge on any atom is -0.481 e. The quantitative estimate of drug-likeness (QED) is 0.667. The van der Waals surface area contributed by atoms with Gasteiger partial charge in [0, 0.05) is 6.04 Å². The maximum Gasteiger partial charge on any atom is 0.306 e. The highest BCUT2D eigenvalue weighted by atomic mass is 16.4. The van der Waals surface area contributed by atoms with Crippen molar-refractivity contribution in [3.05, 3.63) is 11.9 Å². The number of hydrogen-bond donors (Lipinski definition) is 3. The second-order valence-electron chi connectivity index (χ2n) is 4.40. The van der Waals surface area contributed by atoms with E-state index < -0.39 is 5.97 Å². The fourth-order valence-electron chi connectivity index (χ4n) is 1.53. The number of hydrogen-bond acceptors (Lipinski definition) is 4. The molecular weight excluding hydrogens is 236 g/mol. The van der Waals surface area contributed by atoms with Crippen LogP contribution in [0.25, 0.3) is 0 Å². The molecule has 0 aromatic carbocycles. The summed E-state index contributed by atoms with van der Waals surface area (Å²) in [4.78, 5) is 22.2. The van der Waals surface area contributed by atoms with Gasteiger partial charge in [0.25, 0.3) is 5.91 Å². The summed E-state index contributed by atoms with van der Waals surface area (Å²) in [6, 6.07) is -0.0183. The Labute approximate surface area is 105 Å². The van der Waals surface area contributed by atoms with Crippen molar-refractivity contribution >= 4 is 11.9 Å². The average Bonchev–Trinajstić information content (AvgIpc) is 2.81. The molecule has 7 nitrogen and oxygen atoms in total. The molecular formula is C11H18N4O3. The van der Waals surface area contributed by atoms with Crippen molar-refractivity contribution in [2.45, 2.75) is 39.2 Å². The molecule has 0 aliphatic heterocycles. The predicted molar refractivity (Wildman–Crippen MR) is 64.0 cm³/mol. The SMILES string of the molecule is CC(CCCC(C)C(=O)O)NC(=O)c1cn[nH]n1. The van der Waals surface area contributed by atoms with Crippen LogP contribution in [0.15, 0.2) is 6.20 Å². The molecule has 1 amide bonds. The van der Waals surface area contributed by atoms with Crippen molar-refractivity contribution in [3.8, 4) is 0 Å². The smallest absolute Gasteiger partial charge is 0.306 e. The van der Waals surface area contributed by atoms with Gasteiger partial charge in [0.1, 0.15) is 0 Å². The first-order valence-electron chi connectivity index (χ1n) is 5.90. The van der Waals surface area contributed by atoms with E-state index in [0.29, 0.717) is 6.42 Å². The van der Waals surface area contributed by atoms with Crippen LogP contribution in [0.1, 0.15) is 43.6 Å². The highest BCUT2D eigenvalue weighted by Gasteiger charge is 2.14. The first kappa shape index (κ1) is 14.1. The lowest BCUT2D eigenvalue weighted by Crippen LogP contribution is -2.32. The van der Waals surface area contributed by atoms with Crippen molar-refractivity contribution in [1.29, 1.82) is 0 Å². The van der Waals surface area contributed by atoms with Crippen molar-refractivity contribution in [1.82, 2.24) is 20.7 Å². The van der Waals surface area contributed by atoms with Gasteiger partial charge in [0.2, 0.25) is 0 Å². The molecule has 18 heavy (non-hydrogen) atoms. The van der Waals surface area contributed by atoms with Crippen LogP contribution >= 0.6 is 0 Å². The minimum atomic E-state index is -0.783. The number of rotatable bonds is 7. The molecule has 1 heterocycles. The highest BCUT2D eigenvalue weighted by Crippen LogP contribution is 2.09. The number of aromatic amines is 1. The van der Waals surface area contributed by atoms with Gasteiger partial charge >= 0.3 is 5.97 Å². The zero-order chi connectivity index (χ0) is 13.5. The number of aliphatic carboxylic acids is 1. The van der Waals surface area contributed by atoms with Gasteiger partial charge in [-0.05, 0) is 19.8 Å². The van der Waals surface area contributed by atoms with Gasteiger partial charge in [0.15, 0.2) is 5.69 Å². The van der Waals surface area contributed by atoms with Crippen molar-refractivity contribution in [3.63, 3.8) is 0 Å². The van der Waals surface area contributed by atoms with E-state index in [9.17, 15) is 9.59 Å². The van der Waals surface area contributed by atoms with Crippen molar-refractivity contribution in [2.75, 3.05) is 0 Å². The lowest BCUT2D eigenvalue weighted by Gasteiger charge is -2.13. The molecule has 100 valence electrons. The van der Waals surface area contributed by atoms with E-state index in [1.165, 1.54) is 6.20 Å². The molecule has 0 saturated carbocycles. The van der Waals surface area contributed by atoms with E-state index in [1.807, 2.05) is 6.92 Å². The normalized spacial score (nSPS) is 13.9. The summed E-state index contributed by atoms with van der Waals surface area (Å²) in [6.07, 6.45) is 3.46. The van der Waals surface area contributed by atoms with Crippen LogP contribution in [-0.4, -0.2) is 38.4 Å². The molecule has 2 atom stereocenters. The minimum absolute atomic E-state index is 0.0183. The fourth-order valence-corrected chi connectivity index (χ4v) is 1.53. The molecule has 2 unspecified atom stereocenters. The number of aromatic nitrogens is 3. The van der Waals surface area contributed by atoms with Crippen LogP contribution in [0.3, 0.4) is 0 Å². The number of carboxylic acids is 1. The molecule has 0 bridgehead atoms. The molecule has 0 saturated heterocycles. The van der Waals surface area contributed by atoms with Crippen molar-refractivity contribution in [2.24, 2.45) is 5.92 Å². The number of carbonyl (C=O) groups is 2. The molecule has 1 rings (SSSR count). The largest absolute Gasteiger partial charge is 0.481 e. The van der Waals surface area contributed by atoms with Crippen LogP contribution in [0.2, 0.25) is 0 Å². The second kappa shape index (κ2) is 6.73. The van der Waals surface area contributed by atoms with Gasteiger partial charge in [-0.25, -0.2) is 0 Å². The summed E-state index contributed by atoms with van der Waals surface area (Å²) in [7, 11) is 0. The maximum absolute atomic E-state index is 11.6. The molecule has 0 aliphatic rings. The van der Waals surface area contributed by atoms with Crippen LogP contribution < -0.4 is 5.32 Å². The number of carbonyl (C=O) groups excluding carboxylic acids is 1. The molecule has 1 aromatic rings. The van der Waals surface area contributed by atoms with Crippen LogP contribution in [0.5, 0.6) is 0 Å². The first-order valence-corrected chi connectivity index (χ1v) is 5.90. The van der Waals surface area contributed by atoms with Gasteiger partial charge in [-0.3, -0.25) is 9.59 Å².